The van der Waals surface area contributed by atoms with E-state index in [0.717, 1.165) is 37.3 Å². The average molecular weight is 246 g/mol. The lowest BCUT2D eigenvalue weighted by Crippen LogP contribution is -2.46. The van der Waals surface area contributed by atoms with Crippen molar-refractivity contribution in [3.63, 3.8) is 0 Å². The Labute approximate surface area is 106 Å². The molecule has 1 aromatic rings. The van der Waals surface area contributed by atoms with Gasteiger partial charge in [0.25, 0.3) is 0 Å². The smallest absolute Gasteiger partial charge is 0.225 e. The summed E-state index contributed by atoms with van der Waals surface area (Å²) in [4.78, 5) is 18.4. The first-order chi connectivity index (χ1) is 8.79. The molecule has 0 bridgehead atoms. The van der Waals surface area contributed by atoms with Crippen LogP contribution in [-0.2, 0) is 11.3 Å². The fourth-order valence-electron chi connectivity index (χ4n) is 2.94. The molecule has 0 aliphatic carbocycles. The molecule has 2 aliphatic heterocycles. The van der Waals surface area contributed by atoms with Gasteiger partial charge in [-0.05, 0) is 24.5 Å². The maximum Gasteiger partial charge on any atom is 0.225 e. The molecule has 2 unspecified atom stereocenters. The van der Waals surface area contributed by atoms with Crippen LogP contribution >= 0.6 is 0 Å². The molecule has 0 saturated carbocycles. The molecule has 0 radical (unpaired) electrons. The van der Waals surface area contributed by atoms with Gasteiger partial charge >= 0.3 is 0 Å². The number of aromatic nitrogens is 1. The fraction of sp³-hybridized carbons (Fsp3) is 0.538. The van der Waals surface area contributed by atoms with Crippen LogP contribution in [0.2, 0.25) is 0 Å². The minimum atomic E-state index is 0.134. The number of nitrogens with zero attached hydrogens (tertiary/aromatic N) is 2. The Kier molecular flexibility index (Phi) is 2.91. The lowest BCUT2D eigenvalue weighted by atomic mass is 9.91. The number of hydrogen-bond donors (Lipinski definition) is 2. The first kappa shape index (κ1) is 11.5. The average Bonchev–Trinajstić information content (AvgIpc) is 2.81. The Morgan fingerprint density at radius 3 is 3.11 bits per heavy atom. The summed E-state index contributed by atoms with van der Waals surface area (Å²) in [5.74, 6) is 1.29. The number of anilines is 1. The summed E-state index contributed by atoms with van der Waals surface area (Å²) < 4.78 is 0. The summed E-state index contributed by atoms with van der Waals surface area (Å²) in [5.41, 5.74) is 6.61. The Hall–Kier alpha value is -1.62. The van der Waals surface area contributed by atoms with Crippen LogP contribution in [0.15, 0.2) is 18.3 Å². The molecular formula is C13H18N4O. The zero-order chi connectivity index (χ0) is 12.5. The predicted octanol–water partition coefficient (Wildman–Crippen LogP) is 0.255. The number of amides is 1. The second-order valence-corrected chi connectivity index (χ2v) is 4.98. The van der Waals surface area contributed by atoms with Crippen molar-refractivity contribution in [1.29, 1.82) is 0 Å². The molecule has 3 rings (SSSR count). The standard InChI is InChI=1S/C13H18N4O/c14-6-9-3-4-12(15-7-9)17-5-1-2-10-11(17)8-16-13(10)18/h3-4,7,10-11H,1-2,5-6,8,14H2,(H,16,18). The molecule has 2 atom stereocenters. The van der Waals surface area contributed by atoms with Gasteiger partial charge in [-0.15, -0.1) is 0 Å². The number of fused-ring (bicyclic) bond motifs is 1. The quantitative estimate of drug-likeness (QED) is 0.785. The third kappa shape index (κ3) is 1.84. The summed E-state index contributed by atoms with van der Waals surface area (Å²) in [7, 11) is 0. The molecule has 3 N–H and O–H groups in total. The van der Waals surface area contributed by atoms with Crippen LogP contribution < -0.4 is 16.0 Å². The minimum Gasteiger partial charge on any atom is -0.354 e. The molecule has 1 aromatic heterocycles. The number of nitrogens with two attached hydrogens (primary N) is 1. The van der Waals surface area contributed by atoms with E-state index in [9.17, 15) is 4.79 Å². The van der Waals surface area contributed by atoms with E-state index in [1.54, 1.807) is 0 Å². The number of carbonyl (C=O) groups is 1. The molecule has 18 heavy (non-hydrogen) atoms. The van der Waals surface area contributed by atoms with Gasteiger partial charge < -0.3 is 16.0 Å². The summed E-state index contributed by atoms with van der Waals surface area (Å²) in [5, 5.41) is 2.96. The van der Waals surface area contributed by atoms with E-state index >= 15 is 0 Å². The van der Waals surface area contributed by atoms with E-state index in [1.165, 1.54) is 0 Å². The minimum absolute atomic E-state index is 0.134. The van der Waals surface area contributed by atoms with E-state index in [-0.39, 0.29) is 17.9 Å². The first-order valence-electron chi connectivity index (χ1n) is 6.49. The van der Waals surface area contributed by atoms with Crippen LogP contribution in [0.3, 0.4) is 0 Å². The van der Waals surface area contributed by atoms with Crippen molar-refractivity contribution in [2.75, 3.05) is 18.0 Å². The maximum absolute atomic E-state index is 11.7. The highest BCUT2D eigenvalue weighted by molar-refractivity contribution is 5.83. The second kappa shape index (κ2) is 4.57. The van der Waals surface area contributed by atoms with E-state index in [2.05, 4.69) is 15.2 Å². The summed E-state index contributed by atoms with van der Waals surface area (Å²) in [6.07, 6.45) is 3.87. The van der Waals surface area contributed by atoms with E-state index in [1.807, 2.05) is 18.3 Å². The molecule has 2 fully saturated rings. The van der Waals surface area contributed by atoms with Gasteiger partial charge in [0.2, 0.25) is 5.91 Å². The van der Waals surface area contributed by atoms with E-state index < -0.39 is 0 Å². The Morgan fingerprint density at radius 2 is 2.39 bits per heavy atom. The van der Waals surface area contributed by atoms with Gasteiger partial charge in [0, 0.05) is 25.8 Å². The highest BCUT2D eigenvalue weighted by Gasteiger charge is 2.41. The Balaban J connectivity index is 1.84. The first-order valence-corrected chi connectivity index (χ1v) is 6.49. The van der Waals surface area contributed by atoms with E-state index in [0.29, 0.717) is 6.54 Å². The van der Waals surface area contributed by atoms with Gasteiger partial charge in [-0.1, -0.05) is 6.07 Å². The molecule has 96 valence electrons. The monoisotopic (exact) mass is 246 g/mol. The van der Waals surface area contributed by atoms with Crippen molar-refractivity contribution in [2.24, 2.45) is 11.7 Å². The number of carbonyl (C=O) groups excluding carboxylic acids is 1. The van der Waals surface area contributed by atoms with Crippen molar-refractivity contribution in [2.45, 2.75) is 25.4 Å². The third-order valence-corrected chi connectivity index (χ3v) is 3.94. The van der Waals surface area contributed by atoms with Gasteiger partial charge in [-0.25, -0.2) is 4.98 Å². The van der Waals surface area contributed by atoms with Crippen LogP contribution in [0.5, 0.6) is 0 Å². The molecule has 0 spiro atoms. The zero-order valence-electron chi connectivity index (χ0n) is 10.3. The van der Waals surface area contributed by atoms with Crippen LogP contribution in [0, 0.1) is 5.92 Å². The highest BCUT2D eigenvalue weighted by Crippen LogP contribution is 2.30. The van der Waals surface area contributed by atoms with Crippen molar-refractivity contribution in [3.05, 3.63) is 23.9 Å². The molecular weight excluding hydrogens is 228 g/mol. The van der Waals surface area contributed by atoms with Gasteiger partial charge in [-0.3, -0.25) is 4.79 Å². The molecule has 5 heteroatoms. The lowest BCUT2D eigenvalue weighted by molar-refractivity contribution is -0.122. The molecule has 0 aromatic carbocycles. The van der Waals surface area contributed by atoms with Crippen LogP contribution in [-0.4, -0.2) is 30.0 Å². The van der Waals surface area contributed by atoms with Gasteiger partial charge in [0.15, 0.2) is 0 Å². The van der Waals surface area contributed by atoms with Crippen LogP contribution in [0.4, 0.5) is 5.82 Å². The van der Waals surface area contributed by atoms with Crippen LogP contribution in [0.1, 0.15) is 18.4 Å². The number of hydrogen-bond acceptors (Lipinski definition) is 4. The van der Waals surface area contributed by atoms with E-state index in [4.69, 9.17) is 5.73 Å². The molecule has 5 nitrogen and oxygen atoms in total. The van der Waals surface area contributed by atoms with Gasteiger partial charge in [0.05, 0.1) is 12.0 Å². The summed E-state index contributed by atoms with van der Waals surface area (Å²) >= 11 is 0. The highest BCUT2D eigenvalue weighted by atomic mass is 16.2. The predicted molar refractivity (Wildman–Crippen MR) is 69.0 cm³/mol. The molecule has 3 heterocycles. The fourth-order valence-corrected chi connectivity index (χ4v) is 2.94. The third-order valence-electron chi connectivity index (χ3n) is 3.94. The zero-order valence-corrected chi connectivity index (χ0v) is 10.3. The molecule has 2 saturated heterocycles. The lowest BCUT2D eigenvalue weighted by Gasteiger charge is -2.36. The number of rotatable bonds is 2. The number of piperidine rings is 1. The second-order valence-electron chi connectivity index (χ2n) is 4.98. The Morgan fingerprint density at radius 1 is 1.50 bits per heavy atom. The van der Waals surface area contributed by atoms with Gasteiger partial charge in [0.1, 0.15) is 5.82 Å². The number of pyridine rings is 1. The van der Waals surface area contributed by atoms with Crippen molar-refractivity contribution < 1.29 is 4.79 Å². The largest absolute Gasteiger partial charge is 0.354 e. The topological polar surface area (TPSA) is 71.2 Å². The van der Waals surface area contributed by atoms with Crippen LogP contribution in [0.25, 0.3) is 0 Å². The van der Waals surface area contributed by atoms with Crippen molar-refractivity contribution in [1.82, 2.24) is 10.3 Å². The maximum atomic E-state index is 11.7. The van der Waals surface area contributed by atoms with Gasteiger partial charge in [-0.2, -0.15) is 0 Å². The van der Waals surface area contributed by atoms with Crippen molar-refractivity contribution >= 4 is 11.7 Å². The summed E-state index contributed by atoms with van der Waals surface area (Å²) in [6.45, 7) is 2.23. The Bertz CT molecular complexity index is 445. The number of nitrogens with one attached hydrogen (secondary N) is 1. The molecule has 2 aliphatic rings. The normalized spacial score (nSPS) is 26.9. The summed E-state index contributed by atoms with van der Waals surface area (Å²) in [6, 6.07) is 4.28. The van der Waals surface area contributed by atoms with Crippen molar-refractivity contribution in [3.8, 4) is 0 Å². The SMILES string of the molecule is NCc1ccc(N2CCCC3C(=O)NCC32)nc1. The molecule has 1 amide bonds.